The van der Waals surface area contributed by atoms with Crippen LogP contribution in [0.1, 0.15) is 20.8 Å². The van der Waals surface area contributed by atoms with E-state index in [1.807, 2.05) is 0 Å². The van der Waals surface area contributed by atoms with Crippen LogP contribution in [0.5, 0.6) is 0 Å². The topological polar surface area (TPSA) is 0 Å². The van der Waals surface area contributed by atoms with Crippen molar-refractivity contribution in [3.8, 4) is 0 Å². The molecular weight excluding hydrogens is 252 g/mol. The Kier molecular flexibility index (Phi) is 3.69. The average molecular weight is 271 g/mol. The van der Waals surface area contributed by atoms with Crippen LogP contribution in [0.15, 0.2) is 60.7 Å². The predicted molar refractivity (Wildman–Crippen MR) is 85.2 cm³/mol. The number of rotatable bonds is 2. The maximum atomic E-state index is 6.21. The summed E-state index contributed by atoms with van der Waals surface area (Å²) in [7, 11) is -2.12. The minimum Gasteiger partial charge on any atom is -0.114 e. The summed E-state index contributed by atoms with van der Waals surface area (Å²) >= 11 is 6.21. The fourth-order valence-corrected chi connectivity index (χ4v) is 6.58. The van der Waals surface area contributed by atoms with Crippen molar-refractivity contribution in [1.82, 2.24) is 0 Å². The molecule has 0 bridgehead atoms. The minimum atomic E-state index is -2.12. The molecule has 0 spiro atoms. The lowest BCUT2D eigenvalue weighted by atomic mass is 10.2. The first-order valence-electron chi connectivity index (χ1n) is 6.28. The van der Waals surface area contributed by atoms with Gasteiger partial charge in [0.05, 0.1) is 0 Å². The van der Waals surface area contributed by atoms with Crippen LogP contribution >= 0.6 is 12.1 Å². The maximum absolute atomic E-state index is 6.21. The second-order valence-corrected chi connectivity index (χ2v) is 11.5. The first-order valence-corrected chi connectivity index (χ1v) is 9.41. The molecule has 0 aliphatic carbocycles. The van der Waals surface area contributed by atoms with Crippen LogP contribution in [0.4, 0.5) is 0 Å². The largest absolute Gasteiger partial charge is 0.196 e. The molecule has 0 unspecified atom stereocenters. The van der Waals surface area contributed by atoms with Gasteiger partial charge >= 0.3 is 0 Å². The van der Waals surface area contributed by atoms with E-state index in [2.05, 4.69) is 81.4 Å². The zero-order valence-corrected chi connectivity index (χ0v) is 13.0. The van der Waals surface area contributed by atoms with Gasteiger partial charge in [-0.3, -0.25) is 0 Å². The Hall–Kier alpha value is -0.993. The molecule has 0 N–H and O–H groups in total. The summed E-state index contributed by atoms with van der Waals surface area (Å²) in [4.78, 5) is 0. The summed E-state index contributed by atoms with van der Waals surface area (Å²) in [6.45, 7) is 6.81. The highest BCUT2D eigenvalue weighted by molar-refractivity contribution is 8.18. The molecular formula is C16H19SSi. The second-order valence-electron chi connectivity index (χ2n) is 5.66. The van der Waals surface area contributed by atoms with Crippen LogP contribution in [0.25, 0.3) is 0 Å². The van der Waals surface area contributed by atoms with Crippen LogP contribution < -0.4 is 10.4 Å². The van der Waals surface area contributed by atoms with Crippen molar-refractivity contribution in [2.75, 3.05) is 0 Å². The Morgan fingerprint density at radius 3 is 1.33 bits per heavy atom. The molecule has 0 aliphatic rings. The monoisotopic (exact) mass is 271 g/mol. The van der Waals surface area contributed by atoms with E-state index in [1.165, 1.54) is 10.4 Å². The van der Waals surface area contributed by atoms with E-state index in [0.717, 1.165) is 0 Å². The standard InChI is InChI=1S/C16H19SSi/c1-16(2,3)18(17,14-10-6-4-7-11-14)15-12-8-5-9-13-15/h4-13H,1-3H3. The van der Waals surface area contributed by atoms with E-state index < -0.39 is 7.22 Å². The lowest BCUT2D eigenvalue weighted by molar-refractivity contribution is 0.746. The molecule has 2 heteroatoms. The molecule has 18 heavy (non-hydrogen) atoms. The molecule has 0 saturated carbocycles. The molecule has 1 radical (unpaired) electrons. The molecule has 2 aromatic carbocycles. The Bertz CT molecular complexity index is 460. The summed E-state index contributed by atoms with van der Waals surface area (Å²) in [5.41, 5.74) is 0. The average Bonchev–Trinajstić information content (AvgIpc) is 2.38. The summed E-state index contributed by atoms with van der Waals surface area (Å²) < 4.78 is 0. The van der Waals surface area contributed by atoms with Crippen molar-refractivity contribution in [3.05, 3.63) is 60.7 Å². The number of hydrogen-bond donors (Lipinski definition) is 0. The second kappa shape index (κ2) is 4.94. The Balaban J connectivity index is 2.63. The highest BCUT2D eigenvalue weighted by Crippen LogP contribution is 2.37. The minimum absolute atomic E-state index is 0.116. The van der Waals surface area contributed by atoms with Crippen molar-refractivity contribution in [3.63, 3.8) is 0 Å². The Labute approximate surface area is 116 Å². The van der Waals surface area contributed by atoms with Crippen molar-refractivity contribution in [2.45, 2.75) is 25.8 Å². The third-order valence-corrected chi connectivity index (χ3v) is 11.1. The predicted octanol–water partition coefficient (Wildman–Crippen LogP) is 3.74. The Morgan fingerprint density at radius 2 is 1.06 bits per heavy atom. The van der Waals surface area contributed by atoms with Gasteiger partial charge in [-0.15, -0.1) is 12.1 Å². The van der Waals surface area contributed by atoms with Crippen LogP contribution in [0.3, 0.4) is 0 Å². The van der Waals surface area contributed by atoms with Crippen LogP contribution in [-0.2, 0) is 0 Å². The number of hydrogen-bond acceptors (Lipinski definition) is 0. The van der Waals surface area contributed by atoms with Gasteiger partial charge in [0.15, 0.2) is 7.22 Å². The van der Waals surface area contributed by atoms with Crippen molar-refractivity contribution in [1.29, 1.82) is 0 Å². The number of benzene rings is 2. The van der Waals surface area contributed by atoms with E-state index in [4.69, 9.17) is 12.1 Å². The van der Waals surface area contributed by atoms with Gasteiger partial charge in [-0.1, -0.05) is 81.4 Å². The van der Waals surface area contributed by atoms with Gasteiger partial charge in [0.25, 0.3) is 0 Å². The third-order valence-electron chi connectivity index (χ3n) is 3.42. The molecule has 0 aliphatic heterocycles. The molecule has 0 nitrogen and oxygen atoms in total. The van der Waals surface area contributed by atoms with E-state index in [0.29, 0.717) is 0 Å². The molecule has 2 aromatic rings. The molecule has 93 valence electrons. The van der Waals surface area contributed by atoms with Crippen molar-refractivity contribution < 1.29 is 0 Å². The Morgan fingerprint density at radius 1 is 0.722 bits per heavy atom. The van der Waals surface area contributed by atoms with E-state index in [1.54, 1.807) is 0 Å². The van der Waals surface area contributed by atoms with Gasteiger partial charge in [-0.2, -0.15) is 0 Å². The lowest BCUT2D eigenvalue weighted by Gasteiger charge is -2.38. The normalized spacial score (nSPS) is 12.4. The summed E-state index contributed by atoms with van der Waals surface area (Å²) in [6.07, 6.45) is 0. The smallest absolute Gasteiger partial charge is 0.114 e. The van der Waals surface area contributed by atoms with Gasteiger partial charge in [-0.25, -0.2) is 0 Å². The zero-order valence-electron chi connectivity index (χ0n) is 11.2. The van der Waals surface area contributed by atoms with Crippen molar-refractivity contribution >= 4 is 29.7 Å². The van der Waals surface area contributed by atoms with E-state index in [9.17, 15) is 0 Å². The van der Waals surface area contributed by atoms with Gasteiger partial charge in [0.2, 0.25) is 0 Å². The maximum Gasteiger partial charge on any atom is 0.196 e. The van der Waals surface area contributed by atoms with Crippen LogP contribution in [0, 0.1) is 0 Å². The highest BCUT2D eigenvalue weighted by atomic mass is 32.3. The van der Waals surface area contributed by atoms with Gasteiger partial charge < -0.3 is 0 Å². The van der Waals surface area contributed by atoms with Crippen LogP contribution in [0.2, 0.25) is 5.04 Å². The molecule has 0 aromatic heterocycles. The van der Waals surface area contributed by atoms with E-state index in [-0.39, 0.29) is 5.04 Å². The molecule has 0 heterocycles. The highest BCUT2D eigenvalue weighted by Gasteiger charge is 2.45. The first kappa shape index (κ1) is 13.4. The molecule has 0 amide bonds. The van der Waals surface area contributed by atoms with Crippen LogP contribution in [-0.4, -0.2) is 7.22 Å². The summed E-state index contributed by atoms with van der Waals surface area (Å²) in [5, 5.41) is 2.78. The fraction of sp³-hybridized carbons (Fsp3) is 0.250. The SMILES string of the molecule is CC(C)(C)[Si]([S])(c1ccccc1)c1ccccc1. The zero-order chi connectivity index (χ0) is 13.2. The third kappa shape index (κ3) is 2.27. The molecule has 2 rings (SSSR count). The molecule has 0 atom stereocenters. The fourth-order valence-electron chi connectivity index (χ4n) is 2.38. The summed E-state index contributed by atoms with van der Waals surface area (Å²) in [5.74, 6) is 0. The first-order chi connectivity index (χ1) is 8.46. The molecule has 0 saturated heterocycles. The molecule has 0 fully saturated rings. The lowest BCUT2D eigenvalue weighted by Crippen LogP contribution is -2.59. The van der Waals surface area contributed by atoms with Gasteiger partial charge in [0.1, 0.15) is 0 Å². The van der Waals surface area contributed by atoms with Gasteiger partial charge in [-0.05, 0) is 15.4 Å². The van der Waals surface area contributed by atoms with Crippen molar-refractivity contribution in [2.24, 2.45) is 0 Å². The summed E-state index contributed by atoms with van der Waals surface area (Å²) in [6, 6.07) is 21.3. The van der Waals surface area contributed by atoms with E-state index >= 15 is 0 Å². The van der Waals surface area contributed by atoms with Gasteiger partial charge in [0, 0.05) is 0 Å². The quantitative estimate of drug-likeness (QED) is 0.730.